The average Bonchev–Trinajstić information content (AvgIpc) is 2.59. The molecule has 1 amide bonds. The third kappa shape index (κ3) is 3.67. The molecular formula is C19H18BrNO3. The van der Waals surface area contributed by atoms with Crippen molar-refractivity contribution in [2.24, 2.45) is 0 Å². The molecule has 0 aromatic heterocycles. The second-order valence-electron chi connectivity index (χ2n) is 5.95. The number of rotatable bonds is 4. The van der Waals surface area contributed by atoms with Crippen LogP contribution in [0.5, 0.6) is 0 Å². The number of carboxylic acids is 1. The number of amides is 1. The minimum Gasteiger partial charge on any atom is -0.478 e. The largest absolute Gasteiger partial charge is 0.478 e. The van der Waals surface area contributed by atoms with Crippen LogP contribution in [0.15, 0.2) is 46.9 Å². The van der Waals surface area contributed by atoms with Gasteiger partial charge in [0.15, 0.2) is 0 Å². The summed E-state index contributed by atoms with van der Waals surface area (Å²) in [7, 11) is 0. The van der Waals surface area contributed by atoms with Crippen LogP contribution in [0.3, 0.4) is 0 Å². The van der Waals surface area contributed by atoms with Crippen molar-refractivity contribution in [3.63, 3.8) is 0 Å². The molecule has 0 spiro atoms. The number of halogens is 1. The number of aromatic carboxylic acids is 1. The normalized spacial score (nSPS) is 13.5. The molecule has 3 rings (SSSR count). The van der Waals surface area contributed by atoms with Gasteiger partial charge in [-0.15, -0.1) is 0 Å². The van der Waals surface area contributed by atoms with Gasteiger partial charge in [0.2, 0.25) is 5.91 Å². The molecule has 0 saturated carbocycles. The highest BCUT2D eigenvalue weighted by Crippen LogP contribution is 2.22. The lowest BCUT2D eigenvalue weighted by atomic mass is 9.97. The Labute approximate surface area is 149 Å². The molecule has 0 unspecified atom stereocenters. The molecule has 0 saturated heterocycles. The van der Waals surface area contributed by atoms with Crippen molar-refractivity contribution in [3.05, 3.63) is 69.2 Å². The van der Waals surface area contributed by atoms with Gasteiger partial charge in [-0.1, -0.05) is 40.2 Å². The SMILES string of the molecule is O=C(O)c1ccc2c(c1)CN(C(=O)CCc1ccccc1Br)CC2. The number of nitrogens with zero attached hydrogens (tertiary/aromatic N) is 1. The van der Waals surface area contributed by atoms with E-state index in [1.165, 1.54) is 0 Å². The van der Waals surface area contributed by atoms with Crippen molar-refractivity contribution in [1.29, 1.82) is 0 Å². The van der Waals surface area contributed by atoms with Gasteiger partial charge in [-0.3, -0.25) is 4.79 Å². The Morgan fingerprint density at radius 3 is 2.67 bits per heavy atom. The van der Waals surface area contributed by atoms with E-state index in [0.717, 1.165) is 27.6 Å². The van der Waals surface area contributed by atoms with E-state index in [4.69, 9.17) is 5.11 Å². The van der Waals surface area contributed by atoms with Crippen molar-refractivity contribution in [2.45, 2.75) is 25.8 Å². The molecule has 0 bridgehead atoms. The van der Waals surface area contributed by atoms with Crippen molar-refractivity contribution in [2.75, 3.05) is 6.54 Å². The molecule has 2 aromatic carbocycles. The first-order valence-electron chi connectivity index (χ1n) is 7.91. The number of carbonyl (C=O) groups is 2. The predicted molar refractivity (Wildman–Crippen MR) is 95.0 cm³/mol. The van der Waals surface area contributed by atoms with Gasteiger partial charge in [0.1, 0.15) is 0 Å². The zero-order chi connectivity index (χ0) is 17.1. The van der Waals surface area contributed by atoms with Crippen LogP contribution in [0.2, 0.25) is 0 Å². The average molecular weight is 388 g/mol. The van der Waals surface area contributed by atoms with Crippen LogP contribution in [0.25, 0.3) is 0 Å². The van der Waals surface area contributed by atoms with Gasteiger partial charge >= 0.3 is 5.97 Å². The van der Waals surface area contributed by atoms with E-state index in [0.29, 0.717) is 25.9 Å². The van der Waals surface area contributed by atoms with Crippen molar-refractivity contribution < 1.29 is 14.7 Å². The fraction of sp³-hybridized carbons (Fsp3) is 0.263. The summed E-state index contributed by atoms with van der Waals surface area (Å²) >= 11 is 3.50. The monoisotopic (exact) mass is 387 g/mol. The standard InChI is InChI=1S/C19H18BrNO3/c20-17-4-2-1-3-14(17)7-8-18(22)21-10-9-13-5-6-15(19(23)24)11-16(13)12-21/h1-6,11H,7-10,12H2,(H,23,24). The zero-order valence-corrected chi connectivity index (χ0v) is 14.8. The summed E-state index contributed by atoms with van der Waals surface area (Å²) in [5, 5.41) is 9.11. The van der Waals surface area contributed by atoms with E-state index >= 15 is 0 Å². The summed E-state index contributed by atoms with van der Waals surface area (Å²) in [6, 6.07) is 13.1. The van der Waals surface area contributed by atoms with E-state index in [1.807, 2.05) is 35.2 Å². The topological polar surface area (TPSA) is 57.6 Å². The lowest BCUT2D eigenvalue weighted by molar-refractivity contribution is -0.132. The molecule has 24 heavy (non-hydrogen) atoms. The quantitative estimate of drug-likeness (QED) is 0.870. The Morgan fingerprint density at radius 1 is 1.12 bits per heavy atom. The minimum absolute atomic E-state index is 0.108. The Bertz CT molecular complexity index is 788. The number of aryl methyl sites for hydroxylation is 1. The van der Waals surface area contributed by atoms with E-state index in [1.54, 1.807) is 12.1 Å². The summed E-state index contributed by atoms with van der Waals surface area (Å²) in [6.45, 7) is 1.18. The first-order valence-corrected chi connectivity index (χ1v) is 8.70. The van der Waals surface area contributed by atoms with Crippen LogP contribution < -0.4 is 0 Å². The van der Waals surface area contributed by atoms with Crippen LogP contribution in [0.4, 0.5) is 0 Å². The number of carboxylic acid groups (broad SMARTS) is 1. The highest BCUT2D eigenvalue weighted by Gasteiger charge is 2.21. The molecule has 4 nitrogen and oxygen atoms in total. The molecule has 0 radical (unpaired) electrons. The molecule has 124 valence electrons. The molecule has 1 N–H and O–H groups in total. The van der Waals surface area contributed by atoms with Gasteiger partial charge in [-0.25, -0.2) is 4.79 Å². The van der Waals surface area contributed by atoms with Gasteiger partial charge in [-0.05, 0) is 47.7 Å². The maximum Gasteiger partial charge on any atom is 0.335 e. The lowest BCUT2D eigenvalue weighted by Crippen LogP contribution is -2.36. The zero-order valence-electron chi connectivity index (χ0n) is 13.2. The van der Waals surface area contributed by atoms with Crippen LogP contribution >= 0.6 is 15.9 Å². The van der Waals surface area contributed by atoms with E-state index < -0.39 is 5.97 Å². The van der Waals surface area contributed by atoms with Gasteiger partial charge < -0.3 is 10.0 Å². The fourth-order valence-corrected chi connectivity index (χ4v) is 3.49. The number of hydrogen-bond acceptors (Lipinski definition) is 2. The third-order valence-corrected chi connectivity index (χ3v) is 5.16. The number of hydrogen-bond donors (Lipinski definition) is 1. The molecule has 0 fully saturated rings. The molecule has 1 heterocycles. The second kappa shape index (κ2) is 7.18. The smallest absolute Gasteiger partial charge is 0.335 e. The predicted octanol–water partition coefficient (Wildman–Crippen LogP) is 3.66. The Kier molecular flexibility index (Phi) is 5.00. The van der Waals surface area contributed by atoms with Crippen molar-refractivity contribution >= 4 is 27.8 Å². The maximum absolute atomic E-state index is 12.5. The molecular weight excluding hydrogens is 370 g/mol. The van der Waals surface area contributed by atoms with Crippen molar-refractivity contribution in [1.82, 2.24) is 4.90 Å². The minimum atomic E-state index is -0.935. The van der Waals surface area contributed by atoms with Crippen LogP contribution in [-0.4, -0.2) is 28.4 Å². The molecule has 1 aliphatic heterocycles. The summed E-state index contributed by atoms with van der Waals surface area (Å²) in [4.78, 5) is 25.4. The molecule has 0 aliphatic carbocycles. The van der Waals surface area contributed by atoms with E-state index in [9.17, 15) is 9.59 Å². The first-order chi connectivity index (χ1) is 11.5. The number of fused-ring (bicyclic) bond motifs is 1. The highest BCUT2D eigenvalue weighted by molar-refractivity contribution is 9.10. The van der Waals surface area contributed by atoms with Crippen LogP contribution in [0, 0.1) is 0 Å². The molecule has 5 heteroatoms. The highest BCUT2D eigenvalue weighted by atomic mass is 79.9. The van der Waals surface area contributed by atoms with Crippen LogP contribution in [-0.2, 0) is 24.2 Å². The number of carbonyl (C=O) groups excluding carboxylic acids is 1. The molecule has 0 atom stereocenters. The fourth-order valence-electron chi connectivity index (χ4n) is 3.00. The summed E-state index contributed by atoms with van der Waals surface area (Å²) in [5.41, 5.74) is 3.47. The number of benzene rings is 2. The summed E-state index contributed by atoms with van der Waals surface area (Å²) in [6.07, 6.45) is 1.92. The lowest BCUT2D eigenvalue weighted by Gasteiger charge is -2.29. The van der Waals surface area contributed by atoms with E-state index in [2.05, 4.69) is 15.9 Å². The molecule has 1 aliphatic rings. The Hall–Kier alpha value is -2.14. The third-order valence-electron chi connectivity index (χ3n) is 4.38. The maximum atomic E-state index is 12.5. The second-order valence-corrected chi connectivity index (χ2v) is 6.80. The van der Waals surface area contributed by atoms with Gasteiger partial charge in [0.25, 0.3) is 0 Å². The Balaban J connectivity index is 1.66. The Morgan fingerprint density at radius 2 is 1.92 bits per heavy atom. The van der Waals surface area contributed by atoms with Gasteiger partial charge in [-0.2, -0.15) is 0 Å². The summed E-state index contributed by atoms with van der Waals surface area (Å²) < 4.78 is 1.02. The van der Waals surface area contributed by atoms with E-state index in [-0.39, 0.29) is 11.5 Å². The first kappa shape index (κ1) is 16.7. The van der Waals surface area contributed by atoms with Crippen molar-refractivity contribution in [3.8, 4) is 0 Å². The van der Waals surface area contributed by atoms with Gasteiger partial charge in [0.05, 0.1) is 5.56 Å². The van der Waals surface area contributed by atoms with Gasteiger partial charge in [0, 0.05) is 24.0 Å². The molecule has 2 aromatic rings. The summed E-state index contributed by atoms with van der Waals surface area (Å²) in [5.74, 6) is -0.827. The van der Waals surface area contributed by atoms with Crippen LogP contribution in [0.1, 0.15) is 33.5 Å².